The Morgan fingerprint density at radius 3 is 2.79 bits per heavy atom. The number of nitrogens with one attached hydrogen (secondary N) is 1. The predicted octanol–water partition coefficient (Wildman–Crippen LogP) is 3.38. The van der Waals surface area contributed by atoms with E-state index in [4.69, 9.17) is 0 Å². The first kappa shape index (κ1) is 18.5. The molecule has 1 saturated carbocycles. The maximum atomic E-state index is 12.6. The minimum absolute atomic E-state index is 0.0357. The predicted molar refractivity (Wildman–Crippen MR) is 107 cm³/mol. The minimum atomic E-state index is -0.117. The fourth-order valence-electron chi connectivity index (χ4n) is 4.44. The summed E-state index contributed by atoms with van der Waals surface area (Å²) in [5.41, 5.74) is 2.99. The lowest BCUT2D eigenvalue weighted by atomic mass is 9.79. The van der Waals surface area contributed by atoms with Crippen LogP contribution in [0.5, 0.6) is 0 Å². The normalized spacial score (nSPS) is 23.6. The van der Waals surface area contributed by atoms with Gasteiger partial charge in [-0.1, -0.05) is 13.0 Å². The number of amides is 1. The molecule has 0 spiro atoms. The van der Waals surface area contributed by atoms with Gasteiger partial charge in [0.25, 0.3) is 0 Å². The number of carbonyl (C=O) groups is 1. The lowest BCUT2D eigenvalue weighted by Crippen LogP contribution is -2.51. The largest absolute Gasteiger partial charge is 0.390 e. The van der Waals surface area contributed by atoms with Crippen LogP contribution in [0.15, 0.2) is 36.4 Å². The van der Waals surface area contributed by atoms with Gasteiger partial charge >= 0.3 is 0 Å². The number of pyridine rings is 1. The first-order valence-electron chi connectivity index (χ1n) is 9.70. The molecule has 0 radical (unpaired) electrons. The van der Waals surface area contributed by atoms with E-state index in [1.807, 2.05) is 29.2 Å². The Morgan fingerprint density at radius 1 is 1.36 bits per heavy atom. The number of aliphatic hydroxyl groups excluding tert-OH is 1. The van der Waals surface area contributed by atoms with E-state index in [-0.39, 0.29) is 30.5 Å². The Bertz CT molecular complexity index is 948. The highest BCUT2D eigenvalue weighted by atomic mass is 16.3. The molecule has 0 unspecified atom stereocenters. The monoisotopic (exact) mass is 376 g/mol. The van der Waals surface area contributed by atoms with Crippen LogP contribution < -0.4 is 10.2 Å². The summed E-state index contributed by atoms with van der Waals surface area (Å²) in [5, 5.41) is 22.3. The van der Waals surface area contributed by atoms with E-state index in [0.29, 0.717) is 23.0 Å². The Morgan fingerprint density at radius 2 is 2.14 bits per heavy atom. The molecule has 6 heteroatoms. The zero-order chi connectivity index (χ0) is 19.8. The Hall–Kier alpha value is -2.91. The van der Waals surface area contributed by atoms with Crippen LogP contribution in [0.1, 0.15) is 49.6 Å². The van der Waals surface area contributed by atoms with Crippen LogP contribution in [0.2, 0.25) is 0 Å². The van der Waals surface area contributed by atoms with Gasteiger partial charge in [0, 0.05) is 24.6 Å². The van der Waals surface area contributed by atoms with Crippen molar-refractivity contribution >= 4 is 17.4 Å². The van der Waals surface area contributed by atoms with Crippen molar-refractivity contribution in [3.05, 3.63) is 53.2 Å². The minimum Gasteiger partial charge on any atom is -0.390 e. The van der Waals surface area contributed by atoms with Crippen LogP contribution in [-0.2, 0) is 11.4 Å². The van der Waals surface area contributed by atoms with Crippen molar-refractivity contribution in [3.8, 4) is 6.07 Å². The maximum absolute atomic E-state index is 12.6. The summed E-state index contributed by atoms with van der Waals surface area (Å²) >= 11 is 0. The number of hydrogen-bond donors (Lipinski definition) is 2. The van der Waals surface area contributed by atoms with E-state index in [9.17, 15) is 15.2 Å². The lowest BCUT2D eigenvalue weighted by molar-refractivity contribution is -0.117. The van der Waals surface area contributed by atoms with Gasteiger partial charge in [0.15, 0.2) is 0 Å². The summed E-state index contributed by atoms with van der Waals surface area (Å²) < 4.78 is 0. The van der Waals surface area contributed by atoms with Gasteiger partial charge in [0.05, 0.1) is 30.0 Å². The lowest BCUT2D eigenvalue weighted by Gasteiger charge is -2.45. The summed E-state index contributed by atoms with van der Waals surface area (Å²) in [5.74, 6) is 1.37. The number of fused-ring (bicyclic) bond motifs is 1. The van der Waals surface area contributed by atoms with Gasteiger partial charge in [-0.05, 0) is 54.7 Å². The fraction of sp³-hybridized carbons (Fsp3) is 0.409. The van der Waals surface area contributed by atoms with E-state index >= 15 is 0 Å². The molecule has 6 nitrogen and oxygen atoms in total. The molecule has 1 aromatic heterocycles. The molecule has 4 rings (SSSR count). The second kappa shape index (κ2) is 7.25. The van der Waals surface area contributed by atoms with Crippen LogP contribution in [0.4, 0.5) is 11.5 Å². The van der Waals surface area contributed by atoms with Gasteiger partial charge in [-0.15, -0.1) is 0 Å². The number of carbonyl (C=O) groups excluding carboxylic acids is 1. The second-order valence-electron chi connectivity index (χ2n) is 7.76. The molecule has 1 amide bonds. The van der Waals surface area contributed by atoms with E-state index in [2.05, 4.69) is 23.3 Å². The molecule has 28 heavy (non-hydrogen) atoms. The summed E-state index contributed by atoms with van der Waals surface area (Å²) in [7, 11) is 0. The smallest absolute Gasteiger partial charge is 0.224 e. The summed E-state index contributed by atoms with van der Waals surface area (Å²) in [6.45, 7) is 3.66. The number of hydrogen-bond acceptors (Lipinski definition) is 5. The van der Waals surface area contributed by atoms with Gasteiger partial charge in [0.1, 0.15) is 5.82 Å². The molecule has 0 saturated heterocycles. The number of nitriles is 1. The standard InChI is InChI=1S/C22H24N4O2/c1-13-21(25-20-5-3-4-17(12-27)24-20)18-10-15(11-23)6-9-19(18)26(14(2)28)22(13)16-7-8-16/h3-6,9-10,13,16,21-22,27H,7-8,12H2,1-2H3,(H,24,25)/t13-,21-,22-/m1/s1. The SMILES string of the molecule is CC(=O)N1c2ccc(C#N)cc2[C@H](Nc2cccc(CO)n2)[C@@H](C)[C@@H]1C1CC1. The number of anilines is 2. The van der Waals surface area contributed by atoms with Gasteiger partial charge in [-0.25, -0.2) is 4.98 Å². The summed E-state index contributed by atoms with van der Waals surface area (Å²) in [6, 6.07) is 13.3. The van der Waals surface area contributed by atoms with E-state index < -0.39 is 0 Å². The van der Waals surface area contributed by atoms with Crippen molar-refractivity contribution in [1.82, 2.24) is 4.98 Å². The third-order valence-electron chi connectivity index (χ3n) is 5.83. The molecule has 2 heterocycles. The van der Waals surface area contributed by atoms with Gasteiger partial charge in [0.2, 0.25) is 5.91 Å². The Kier molecular flexibility index (Phi) is 4.78. The Balaban J connectivity index is 1.80. The first-order chi connectivity index (χ1) is 13.5. The van der Waals surface area contributed by atoms with E-state index in [1.165, 1.54) is 0 Å². The zero-order valence-corrected chi connectivity index (χ0v) is 16.1. The molecule has 2 aromatic rings. The fourth-order valence-corrected chi connectivity index (χ4v) is 4.44. The second-order valence-corrected chi connectivity index (χ2v) is 7.76. The number of aliphatic hydroxyl groups is 1. The highest BCUT2D eigenvalue weighted by Gasteiger charge is 2.47. The first-order valence-corrected chi connectivity index (χ1v) is 9.70. The number of benzene rings is 1. The number of rotatable bonds is 4. The molecular formula is C22H24N4O2. The Labute approximate surface area is 164 Å². The highest BCUT2D eigenvalue weighted by Crippen LogP contribution is 2.50. The molecule has 1 fully saturated rings. The molecule has 2 N–H and O–H groups in total. The van der Waals surface area contributed by atoms with Crippen LogP contribution in [0.25, 0.3) is 0 Å². The molecule has 1 aliphatic heterocycles. The summed E-state index contributed by atoms with van der Waals surface area (Å²) in [4.78, 5) is 18.9. The van der Waals surface area contributed by atoms with Crippen molar-refractivity contribution in [2.75, 3.05) is 10.2 Å². The van der Waals surface area contributed by atoms with Crippen LogP contribution in [0.3, 0.4) is 0 Å². The molecular weight excluding hydrogens is 352 g/mol. The van der Waals surface area contributed by atoms with Crippen LogP contribution in [0, 0.1) is 23.2 Å². The topological polar surface area (TPSA) is 89.2 Å². The summed E-state index contributed by atoms with van der Waals surface area (Å²) in [6.07, 6.45) is 2.27. The number of nitrogens with zero attached hydrogens (tertiary/aromatic N) is 3. The van der Waals surface area contributed by atoms with Crippen molar-refractivity contribution in [3.63, 3.8) is 0 Å². The molecule has 1 aromatic carbocycles. The number of aromatic nitrogens is 1. The third-order valence-corrected chi connectivity index (χ3v) is 5.83. The average molecular weight is 376 g/mol. The van der Waals surface area contributed by atoms with Crippen LogP contribution in [-0.4, -0.2) is 22.0 Å². The van der Waals surface area contributed by atoms with Crippen molar-refractivity contribution in [2.24, 2.45) is 11.8 Å². The van der Waals surface area contributed by atoms with Crippen molar-refractivity contribution in [2.45, 2.75) is 45.4 Å². The van der Waals surface area contributed by atoms with E-state index in [1.54, 1.807) is 19.1 Å². The molecule has 0 bridgehead atoms. The maximum Gasteiger partial charge on any atom is 0.224 e. The van der Waals surface area contributed by atoms with E-state index in [0.717, 1.165) is 24.1 Å². The van der Waals surface area contributed by atoms with Crippen molar-refractivity contribution < 1.29 is 9.90 Å². The van der Waals surface area contributed by atoms with Crippen molar-refractivity contribution in [1.29, 1.82) is 5.26 Å². The molecule has 1 aliphatic carbocycles. The van der Waals surface area contributed by atoms with Gasteiger partial charge in [-0.2, -0.15) is 5.26 Å². The van der Waals surface area contributed by atoms with Crippen LogP contribution >= 0.6 is 0 Å². The average Bonchev–Trinajstić information content (AvgIpc) is 3.54. The molecule has 2 aliphatic rings. The zero-order valence-electron chi connectivity index (χ0n) is 16.1. The molecule has 3 atom stereocenters. The van der Waals surface area contributed by atoms with Gasteiger partial charge in [-0.3, -0.25) is 4.79 Å². The highest BCUT2D eigenvalue weighted by molar-refractivity contribution is 5.94. The van der Waals surface area contributed by atoms with Gasteiger partial charge < -0.3 is 15.3 Å². The quantitative estimate of drug-likeness (QED) is 0.854. The third kappa shape index (κ3) is 3.23. The molecule has 144 valence electrons.